The predicted octanol–water partition coefficient (Wildman–Crippen LogP) is 2.61. The Morgan fingerprint density at radius 2 is 1.70 bits per heavy atom. The summed E-state index contributed by atoms with van der Waals surface area (Å²) in [5, 5.41) is 0. The van der Waals surface area contributed by atoms with Crippen molar-refractivity contribution in [1.29, 1.82) is 0 Å². The summed E-state index contributed by atoms with van der Waals surface area (Å²) in [7, 11) is 0. The third-order valence-corrected chi connectivity index (χ3v) is 1.25. The molecular weight excluding hydrogens is 124 g/mol. The zero-order valence-electron chi connectivity index (χ0n) is 7.45. The minimum Gasteiger partial charge on any atom is -0.346 e. The van der Waals surface area contributed by atoms with Crippen LogP contribution in [0.1, 0.15) is 32.5 Å². The van der Waals surface area contributed by atoms with Crippen LogP contribution < -0.4 is 0 Å². The summed E-state index contributed by atoms with van der Waals surface area (Å²) >= 11 is 0. The minimum atomic E-state index is 0. The van der Waals surface area contributed by atoms with Gasteiger partial charge in [0.25, 0.3) is 0 Å². The normalized spacial score (nSPS) is 8.50. The van der Waals surface area contributed by atoms with E-state index in [0.717, 1.165) is 11.5 Å². The molecule has 0 amide bonds. The van der Waals surface area contributed by atoms with Crippen molar-refractivity contribution in [2.75, 3.05) is 0 Å². The van der Waals surface area contributed by atoms with Crippen LogP contribution >= 0.6 is 0 Å². The Morgan fingerprint density at radius 3 is 1.80 bits per heavy atom. The molecule has 60 valence electrons. The Kier molecular flexibility index (Phi) is 3.77. The molecule has 0 aliphatic rings. The van der Waals surface area contributed by atoms with Crippen molar-refractivity contribution >= 4 is 0 Å². The van der Waals surface area contributed by atoms with Crippen molar-refractivity contribution in [2.24, 2.45) is 0 Å². The Labute approximate surface area is 64.2 Å². The van der Waals surface area contributed by atoms with E-state index in [2.05, 4.69) is 9.97 Å². The largest absolute Gasteiger partial charge is 0.346 e. The third kappa shape index (κ3) is 2.21. The first-order valence-electron chi connectivity index (χ1n) is 3.70. The number of aromatic nitrogens is 2. The van der Waals surface area contributed by atoms with Crippen LogP contribution in [0.3, 0.4) is 0 Å². The van der Waals surface area contributed by atoms with E-state index in [9.17, 15) is 0 Å². The van der Waals surface area contributed by atoms with Crippen molar-refractivity contribution in [3.05, 3.63) is 17.2 Å². The molecular formula is C8H18N2. The summed E-state index contributed by atoms with van der Waals surface area (Å²) in [6, 6.07) is 0. The molecule has 2 nitrogen and oxygen atoms in total. The summed E-state index contributed by atoms with van der Waals surface area (Å²) in [5.74, 6) is 1.00. The topological polar surface area (TPSA) is 28.7 Å². The van der Waals surface area contributed by atoms with Crippen molar-refractivity contribution in [3.8, 4) is 0 Å². The molecule has 0 unspecified atom stereocenters. The van der Waals surface area contributed by atoms with Gasteiger partial charge in [0.1, 0.15) is 5.82 Å². The molecule has 1 N–H and O–H groups in total. The van der Waals surface area contributed by atoms with Gasteiger partial charge in [-0.3, -0.25) is 0 Å². The summed E-state index contributed by atoms with van der Waals surface area (Å²) in [6.07, 6.45) is 0. The van der Waals surface area contributed by atoms with Gasteiger partial charge >= 0.3 is 0 Å². The number of H-pyrrole nitrogens is 1. The number of imidazole rings is 1. The maximum atomic E-state index is 4.16. The van der Waals surface area contributed by atoms with Crippen LogP contribution in [-0.4, -0.2) is 9.97 Å². The van der Waals surface area contributed by atoms with E-state index >= 15 is 0 Å². The van der Waals surface area contributed by atoms with Gasteiger partial charge in [-0.15, -0.1) is 0 Å². The van der Waals surface area contributed by atoms with Gasteiger partial charge in [0.2, 0.25) is 0 Å². The second-order valence-corrected chi connectivity index (χ2v) is 2.03. The first-order valence-corrected chi connectivity index (χ1v) is 3.70. The molecule has 1 rings (SSSR count). The van der Waals surface area contributed by atoms with Crippen molar-refractivity contribution in [2.45, 2.75) is 34.6 Å². The summed E-state index contributed by atoms with van der Waals surface area (Å²) in [6.45, 7) is 9.98. The summed E-state index contributed by atoms with van der Waals surface area (Å²) in [5.41, 5.74) is 2.27. The van der Waals surface area contributed by atoms with Crippen molar-refractivity contribution < 1.29 is 1.43 Å². The van der Waals surface area contributed by atoms with Crippen LogP contribution in [0, 0.1) is 20.8 Å². The van der Waals surface area contributed by atoms with E-state index < -0.39 is 0 Å². The molecule has 0 fully saturated rings. The van der Waals surface area contributed by atoms with Gasteiger partial charge in [0.15, 0.2) is 0 Å². The van der Waals surface area contributed by atoms with Crippen LogP contribution in [0.25, 0.3) is 0 Å². The lowest BCUT2D eigenvalue weighted by Gasteiger charge is -1.79. The number of rotatable bonds is 0. The molecule has 0 aromatic carbocycles. The van der Waals surface area contributed by atoms with E-state index in [1.165, 1.54) is 5.69 Å². The van der Waals surface area contributed by atoms with Gasteiger partial charge in [-0.1, -0.05) is 13.8 Å². The van der Waals surface area contributed by atoms with E-state index in [1.54, 1.807) is 0 Å². The van der Waals surface area contributed by atoms with Gasteiger partial charge in [-0.25, -0.2) is 4.98 Å². The highest BCUT2D eigenvalue weighted by molar-refractivity contribution is 5.09. The summed E-state index contributed by atoms with van der Waals surface area (Å²) < 4.78 is 0. The number of hydrogen-bond donors (Lipinski definition) is 1. The molecule has 1 aromatic rings. The Bertz CT molecular complexity index is 174. The molecule has 0 saturated heterocycles. The Hall–Kier alpha value is -0.790. The highest BCUT2D eigenvalue weighted by atomic mass is 14.9. The average Bonchev–Trinajstić information content (AvgIpc) is 2.16. The van der Waals surface area contributed by atoms with Crippen molar-refractivity contribution in [3.63, 3.8) is 0 Å². The zero-order valence-corrected chi connectivity index (χ0v) is 7.45. The first kappa shape index (κ1) is 9.21. The highest BCUT2D eigenvalue weighted by Gasteiger charge is 1.93. The van der Waals surface area contributed by atoms with Crippen LogP contribution in [-0.2, 0) is 0 Å². The number of hydrogen-bond acceptors (Lipinski definition) is 1. The van der Waals surface area contributed by atoms with E-state index in [0.29, 0.717) is 0 Å². The molecule has 0 bridgehead atoms. The van der Waals surface area contributed by atoms with Crippen LogP contribution in [0.15, 0.2) is 0 Å². The number of aryl methyl sites for hydroxylation is 3. The molecule has 2 heteroatoms. The highest BCUT2D eigenvalue weighted by Crippen LogP contribution is 1.99. The number of nitrogens with zero attached hydrogens (tertiary/aromatic N) is 1. The summed E-state index contributed by atoms with van der Waals surface area (Å²) in [4.78, 5) is 7.25. The lowest BCUT2D eigenvalue weighted by molar-refractivity contribution is 1.12. The maximum Gasteiger partial charge on any atom is 0.103 e. The minimum absolute atomic E-state index is 0. The molecule has 10 heavy (non-hydrogen) atoms. The fraction of sp³-hybridized carbons (Fsp3) is 0.625. The number of nitrogens with one attached hydrogen (secondary N) is 1. The molecule has 0 spiro atoms. The lowest BCUT2D eigenvalue weighted by atomic mass is 10.4. The molecule has 0 saturated carbocycles. The Morgan fingerprint density at radius 1 is 1.20 bits per heavy atom. The SMILES string of the molecule is CC.Cc1nc(C)c(C)[nH]1.[HH]. The standard InChI is InChI=1S/C6H10N2.C2H6.H2/c1-4-5(2)8-6(3)7-4;1-2;/h1-3H3,(H,7,8);1-2H3;1H. The van der Waals surface area contributed by atoms with E-state index in [1.807, 2.05) is 34.6 Å². The van der Waals surface area contributed by atoms with Gasteiger partial charge in [-0.05, 0) is 20.8 Å². The fourth-order valence-electron chi connectivity index (χ4n) is 0.725. The van der Waals surface area contributed by atoms with Crippen molar-refractivity contribution in [1.82, 2.24) is 9.97 Å². The zero-order chi connectivity index (χ0) is 8.15. The lowest BCUT2D eigenvalue weighted by Crippen LogP contribution is -1.71. The molecule has 1 aromatic heterocycles. The molecule has 0 aliphatic carbocycles. The molecule has 1 heterocycles. The predicted molar refractivity (Wildman–Crippen MR) is 46.3 cm³/mol. The fourth-order valence-corrected chi connectivity index (χ4v) is 0.725. The number of aromatic amines is 1. The molecule has 0 atom stereocenters. The smallest absolute Gasteiger partial charge is 0.103 e. The van der Waals surface area contributed by atoms with E-state index in [4.69, 9.17) is 0 Å². The van der Waals surface area contributed by atoms with Crippen LogP contribution in [0.2, 0.25) is 0 Å². The first-order chi connectivity index (χ1) is 4.70. The Balaban J connectivity index is 0. The maximum absolute atomic E-state index is 4.16. The van der Waals surface area contributed by atoms with Crippen LogP contribution in [0.5, 0.6) is 0 Å². The van der Waals surface area contributed by atoms with Gasteiger partial charge in [0.05, 0.1) is 5.69 Å². The monoisotopic (exact) mass is 142 g/mol. The molecule has 0 radical (unpaired) electrons. The second-order valence-electron chi connectivity index (χ2n) is 2.03. The van der Waals surface area contributed by atoms with E-state index in [-0.39, 0.29) is 1.43 Å². The third-order valence-electron chi connectivity index (χ3n) is 1.25. The van der Waals surface area contributed by atoms with Crippen LogP contribution in [0.4, 0.5) is 0 Å². The van der Waals surface area contributed by atoms with Gasteiger partial charge < -0.3 is 4.98 Å². The van der Waals surface area contributed by atoms with Gasteiger partial charge in [0, 0.05) is 7.12 Å². The quantitative estimate of drug-likeness (QED) is 0.592. The second kappa shape index (κ2) is 4.09. The average molecular weight is 142 g/mol. The molecule has 0 aliphatic heterocycles. The van der Waals surface area contributed by atoms with Gasteiger partial charge in [-0.2, -0.15) is 0 Å².